The molecule has 0 spiro atoms. The van der Waals surface area contributed by atoms with Crippen molar-refractivity contribution in [3.8, 4) is 0 Å². The largest absolute Gasteiger partial charge is 0.591 e. The highest BCUT2D eigenvalue weighted by atomic mass is 16.7. The van der Waals surface area contributed by atoms with Crippen LogP contribution in [0.4, 0.5) is 5.69 Å². The van der Waals surface area contributed by atoms with Gasteiger partial charge in [0, 0.05) is 11.6 Å². The summed E-state index contributed by atoms with van der Waals surface area (Å²) >= 11 is 0. The summed E-state index contributed by atoms with van der Waals surface area (Å²) in [5, 5.41) is 3.37. The predicted molar refractivity (Wildman–Crippen MR) is 115 cm³/mol. The summed E-state index contributed by atoms with van der Waals surface area (Å²) in [5.74, 6) is 0.0347. The molecule has 3 nitrogen and oxygen atoms in total. The molecule has 0 amide bonds. The normalized spacial score (nSPS) is 21.1. The van der Waals surface area contributed by atoms with E-state index < -0.39 is 18.5 Å². The molecule has 1 heterocycles. The monoisotopic (exact) mass is 371 g/mol. The van der Waals surface area contributed by atoms with Gasteiger partial charge in [-0.05, 0) is 44.0 Å². The molecule has 142 valence electrons. The van der Waals surface area contributed by atoms with Crippen molar-refractivity contribution in [3.05, 3.63) is 102 Å². The molecule has 1 aliphatic heterocycles. The van der Waals surface area contributed by atoms with Crippen molar-refractivity contribution in [3.63, 3.8) is 0 Å². The first-order valence-corrected chi connectivity index (χ1v) is 9.77. The Morgan fingerprint density at radius 1 is 0.679 bits per heavy atom. The molecule has 3 aromatic carbocycles. The molecule has 4 rings (SSSR count). The fraction of sp³-hybridized carbons (Fsp3) is 0.250. The Morgan fingerprint density at radius 2 is 1.14 bits per heavy atom. The molecule has 1 saturated heterocycles. The van der Waals surface area contributed by atoms with E-state index in [9.17, 15) is 0 Å². The van der Waals surface area contributed by atoms with Crippen molar-refractivity contribution < 1.29 is 9.31 Å². The van der Waals surface area contributed by atoms with Crippen molar-refractivity contribution in [2.24, 2.45) is 0 Å². The Kier molecular flexibility index (Phi) is 5.01. The van der Waals surface area contributed by atoms with Crippen LogP contribution in [0.3, 0.4) is 0 Å². The van der Waals surface area contributed by atoms with Crippen LogP contribution in [0.5, 0.6) is 0 Å². The zero-order valence-corrected chi connectivity index (χ0v) is 16.6. The fourth-order valence-electron chi connectivity index (χ4n) is 4.04. The molecular weight excluding hydrogens is 345 g/mol. The van der Waals surface area contributed by atoms with E-state index in [4.69, 9.17) is 9.31 Å². The van der Waals surface area contributed by atoms with E-state index >= 15 is 0 Å². The lowest BCUT2D eigenvalue weighted by atomic mass is 9.70. The van der Waals surface area contributed by atoms with Crippen LogP contribution in [0.1, 0.15) is 37.8 Å². The lowest BCUT2D eigenvalue weighted by Gasteiger charge is -2.43. The number of hydrogen-bond donors (Lipinski definition) is 1. The van der Waals surface area contributed by atoms with E-state index in [2.05, 4.69) is 74.5 Å². The molecule has 1 unspecified atom stereocenters. The van der Waals surface area contributed by atoms with Crippen molar-refractivity contribution in [1.82, 2.24) is 0 Å². The molecule has 1 N–H and O–H groups in total. The highest BCUT2D eigenvalue weighted by Gasteiger charge is 2.59. The molecule has 0 aliphatic carbocycles. The first-order valence-electron chi connectivity index (χ1n) is 9.77. The molecule has 0 aromatic heterocycles. The molecule has 4 heteroatoms. The van der Waals surface area contributed by atoms with Crippen LogP contribution in [0.25, 0.3) is 0 Å². The maximum Gasteiger partial charge on any atom is 0.591 e. The average molecular weight is 371 g/mol. The van der Waals surface area contributed by atoms with Gasteiger partial charge in [-0.1, -0.05) is 78.9 Å². The Morgan fingerprint density at radius 3 is 1.64 bits per heavy atom. The number of anilines is 1. The fourth-order valence-corrected chi connectivity index (χ4v) is 4.04. The van der Waals surface area contributed by atoms with E-state index in [1.165, 1.54) is 11.1 Å². The van der Waals surface area contributed by atoms with Gasteiger partial charge in [-0.3, -0.25) is 0 Å². The predicted octanol–water partition coefficient (Wildman–Crippen LogP) is 5.50. The Labute approximate surface area is 167 Å². The first-order chi connectivity index (χ1) is 13.5. The first kappa shape index (κ1) is 18.8. The van der Waals surface area contributed by atoms with Crippen LogP contribution in [0.2, 0.25) is 0 Å². The third-order valence-corrected chi connectivity index (χ3v) is 5.82. The van der Waals surface area contributed by atoms with Gasteiger partial charge in [-0.2, -0.15) is 0 Å². The lowest BCUT2D eigenvalue weighted by Crippen LogP contribution is -2.50. The van der Waals surface area contributed by atoms with Crippen LogP contribution < -0.4 is 5.23 Å². The van der Waals surface area contributed by atoms with Crippen molar-refractivity contribution >= 4 is 12.9 Å². The zero-order valence-electron chi connectivity index (χ0n) is 16.6. The summed E-state index contributed by atoms with van der Waals surface area (Å²) in [4.78, 5) is 0. The summed E-state index contributed by atoms with van der Waals surface area (Å²) in [6, 6.07) is 31.1. The van der Waals surface area contributed by atoms with Gasteiger partial charge >= 0.3 is 7.25 Å². The van der Waals surface area contributed by atoms with E-state index in [-0.39, 0.29) is 5.92 Å². The van der Waals surface area contributed by atoms with E-state index in [0.29, 0.717) is 0 Å². The Balaban J connectivity index is 1.72. The molecule has 0 saturated carbocycles. The van der Waals surface area contributed by atoms with Crippen LogP contribution >= 0.6 is 0 Å². The second-order valence-electron chi connectivity index (χ2n) is 7.95. The molecule has 1 aliphatic rings. The smallest absolute Gasteiger partial charge is 0.384 e. The molecule has 28 heavy (non-hydrogen) atoms. The van der Waals surface area contributed by atoms with Gasteiger partial charge < -0.3 is 14.5 Å². The molecule has 3 aromatic rings. The van der Waals surface area contributed by atoms with E-state index in [0.717, 1.165) is 5.69 Å². The third kappa shape index (κ3) is 3.46. The standard InChI is InChI=1S/C24H26BNO2/c1-23(2)24(3,28-25(27-23)26-21-17-11-6-12-18-21)22(19-13-7-4-8-14-19)20-15-9-5-10-16-20/h4-18,22,26H,1-3H3. The second kappa shape index (κ2) is 7.46. The second-order valence-corrected chi connectivity index (χ2v) is 7.95. The van der Waals surface area contributed by atoms with Crippen LogP contribution in [0, 0.1) is 0 Å². The summed E-state index contributed by atoms with van der Waals surface area (Å²) < 4.78 is 13.0. The Bertz CT molecular complexity index is 862. The van der Waals surface area contributed by atoms with Gasteiger partial charge in [0.15, 0.2) is 0 Å². The summed E-state index contributed by atoms with van der Waals surface area (Å²) in [6.07, 6.45) is 0. The van der Waals surface area contributed by atoms with Crippen molar-refractivity contribution in [2.75, 3.05) is 5.23 Å². The summed E-state index contributed by atoms with van der Waals surface area (Å²) in [5.41, 5.74) is 2.34. The summed E-state index contributed by atoms with van der Waals surface area (Å²) in [7, 11) is -0.516. The van der Waals surface area contributed by atoms with E-state index in [1.807, 2.05) is 42.5 Å². The quantitative estimate of drug-likeness (QED) is 0.601. The molecular formula is C24H26BNO2. The van der Waals surface area contributed by atoms with Crippen LogP contribution in [-0.4, -0.2) is 18.5 Å². The van der Waals surface area contributed by atoms with Gasteiger partial charge in [0.25, 0.3) is 0 Å². The maximum atomic E-state index is 6.61. The van der Waals surface area contributed by atoms with Gasteiger partial charge in [0.05, 0.1) is 11.2 Å². The lowest BCUT2D eigenvalue weighted by molar-refractivity contribution is -0.0216. The minimum atomic E-state index is -0.567. The topological polar surface area (TPSA) is 30.5 Å². The third-order valence-electron chi connectivity index (χ3n) is 5.82. The number of rotatable bonds is 5. The Hall–Kier alpha value is -2.56. The number of benzene rings is 3. The van der Waals surface area contributed by atoms with Crippen molar-refractivity contribution in [2.45, 2.75) is 37.9 Å². The number of nitrogens with one attached hydrogen (secondary N) is 1. The van der Waals surface area contributed by atoms with Gasteiger partial charge in [0.2, 0.25) is 0 Å². The van der Waals surface area contributed by atoms with E-state index in [1.54, 1.807) is 0 Å². The van der Waals surface area contributed by atoms with Gasteiger partial charge in [-0.25, -0.2) is 0 Å². The maximum absolute atomic E-state index is 6.61. The number of para-hydroxylation sites is 1. The van der Waals surface area contributed by atoms with Crippen molar-refractivity contribution in [1.29, 1.82) is 0 Å². The zero-order chi connectivity index (χ0) is 19.6. The molecule has 0 radical (unpaired) electrons. The minimum Gasteiger partial charge on any atom is -0.384 e. The molecule has 1 atom stereocenters. The number of hydrogen-bond acceptors (Lipinski definition) is 3. The molecule has 0 bridgehead atoms. The SMILES string of the molecule is CC1(C)OB(Nc2ccccc2)OC1(C)C(c1ccccc1)c1ccccc1. The van der Waals surface area contributed by atoms with Crippen LogP contribution in [0.15, 0.2) is 91.0 Å². The summed E-state index contributed by atoms with van der Waals surface area (Å²) in [6.45, 7) is 6.38. The highest BCUT2D eigenvalue weighted by Crippen LogP contribution is 2.49. The molecule has 1 fully saturated rings. The van der Waals surface area contributed by atoms with Gasteiger partial charge in [0.1, 0.15) is 0 Å². The minimum absolute atomic E-state index is 0.0347. The average Bonchev–Trinajstić information content (AvgIpc) is 2.92. The van der Waals surface area contributed by atoms with Gasteiger partial charge in [-0.15, -0.1) is 0 Å². The highest BCUT2D eigenvalue weighted by molar-refractivity contribution is 6.49. The van der Waals surface area contributed by atoms with Crippen LogP contribution in [-0.2, 0) is 9.31 Å².